The van der Waals surface area contributed by atoms with Crippen molar-refractivity contribution in [1.29, 1.82) is 0 Å². The molecule has 0 spiro atoms. The normalized spacial score (nSPS) is 11.0. The summed E-state index contributed by atoms with van der Waals surface area (Å²) in [5, 5.41) is 3.46. The minimum absolute atomic E-state index is 0.512. The molecule has 114 valence electrons. The minimum Gasteiger partial charge on any atom is -0.492 e. The molecule has 1 N–H and O–H groups in total. The molecule has 0 heterocycles. The van der Waals surface area contributed by atoms with Gasteiger partial charge in [0.1, 0.15) is 12.4 Å². The van der Waals surface area contributed by atoms with E-state index in [9.17, 15) is 0 Å². The fourth-order valence-electron chi connectivity index (χ4n) is 2.30. The summed E-state index contributed by atoms with van der Waals surface area (Å²) in [5.74, 6) is 1.55. The highest BCUT2D eigenvalue weighted by Crippen LogP contribution is 2.25. The van der Waals surface area contributed by atoms with Gasteiger partial charge in [0.15, 0.2) is 0 Å². The molecule has 1 aromatic rings. The second-order valence-corrected chi connectivity index (χ2v) is 5.71. The molecule has 1 aromatic carbocycles. The zero-order valence-electron chi connectivity index (χ0n) is 13.5. The van der Waals surface area contributed by atoms with Crippen LogP contribution in [0.15, 0.2) is 24.3 Å². The van der Waals surface area contributed by atoms with Crippen LogP contribution in [0.2, 0.25) is 0 Å². The van der Waals surface area contributed by atoms with Crippen LogP contribution in [0.5, 0.6) is 5.75 Å². The summed E-state index contributed by atoms with van der Waals surface area (Å²) in [4.78, 5) is 0. The van der Waals surface area contributed by atoms with Crippen LogP contribution in [0.3, 0.4) is 0 Å². The van der Waals surface area contributed by atoms with Crippen LogP contribution < -0.4 is 10.1 Å². The van der Waals surface area contributed by atoms with Crippen molar-refractivity contribution in [2.45, 2.75) is 58.8 Å². The van der Waals surface area contributed by atoms with Gasteiger partial charge in [-0.3, -0.25) is 0 Å². The highest BCUT2D eigenvalue weighted by molar-refractivity contribution is 5.35. The van der Waals surface area contributed by atoms with Crippen molar-refractivity contribution < 1.29 is 4.74 Å². The zero-order valence-corrected chi connectivity index (χ0v) is 13.5. The maximum Gasteiger partial charge on any atom is 0.122 e. The Morgan fingerprint density at radius 2 is 1.75 bits per heavy atom. The first kappa shape index (κ1) is 17.0. The van der Waals surface area contributed by atoms with E-state index in [2.05, 4.69) is 44.3 Å². The largest absolute Gasteiger partial charge is 0.492 e. The highest BCUT2D eigenvalue weighted by Gasteiger charge is 2.05. The third-order valence-electron chi connectivity index (χ3n) is 3.53. The molecule has 0 aliphatic carbocycles. The van der Waals surface area contributed by atoms with E-state index in [0.717, 1.165) is 25.4 Å². The molecular formula is C18H31NO. The molecule has 0 amide bonds. The molecule has 0 saturated heterocycles. The summed E-state index contributed by atoms with van der Waals surface area (Å²) in [5.41, 5.74) is 1.30. The van der Waals surface area contributed by atoms with E-state index >= 15 is 0 Å². The molecule has 1 rings (SSSR count). The summed E-state index contributed by atoms with van der Waals surface area (Å²) in [6.45, 7) is 9.45. The van der Waals surface area contributed by atoms with Gasteiger partial charge >= 0.3 is 0 Å². The molecule has 2 heteroatoms. The lowest BCUT2D eigenvalue weighted by Gasteiger charge is -2.14. The Kier molecular flexibility index (Phi) is 9.14. The summed E-state index contributed by atoms with van der Waals surface area (Å²) in [7, 11) is 0. The van der Waals surface area contributed by atoms with Crippen LogP contribution in [0.4, 0.5) is 0 Å². The molecule has 0 aliphatic rings. The van der Waals surface area contributed by atoms with Crippen LogP contribution in [0, 0.1) is 0 Å². The molecule has 2 nitrogen and oxygen atoms in total. The SMILES string of the molecule is CCCCCCCNCCOc1ccccc1C(C)C. The number of para-hydroxylation sites is 1. The molecule has 0 bridgehead atoms. The molecule has 0 saturated carbocycles. The Balaban J connectivity index is 2.10. The number of hydrogen-bond donors (Lipinski definition) is 1. The first-order valence-corrected chi connectivity index (χ1v) is 8.18. The average Bonchev–Trinajstić information content (AvgIpc) is 2.46. The number of rotatable bonds is 11. The van der Waals surface area contributed by atoms with E-state index in [0.29, 0.717) is 5.92 Å². The van der Waals surface area contributed by atoms with Crippen LogP contribution >= 0.6 is 0 Å². The van der Waals surface area contributed by atoms with Crippen molar-refractivity contribution in [2.75, 3.05) is 19.7 Å². The van der Waals surface area contributed by atoms with E-state index < -0.39 is 0 Å². The predicted octanol–water partition coefficient (Wildman–Crippen LogP) is 4.75. The van der Waals surface area contributed by atoms with Gasteiger partial charge in [-0.05, 0) is 30.5 Å². The minimum atomic E-state index is 0.512. The molecule has 0 aliphatic heterocycles. The number of hydrogen-bond acceptors (Lipinski definition) is 2. The van der Waals surface area contributed by atoms with Crippen LogP contribution in [0.1, 0.15) is 64.4 Å². The summed E-state index contributed by atoms with van der Waals surface area (Å²) in [6, 6.07) is 8.35. The summed E-state index contributed by atoms with van der Waals surface area (Å²) >= 11 is 0. The second-order valence-electron chi connectivity index (χ2n) is 5.71. The van der Waals surface area contributed by atoms with Gasteiger partial charge < -0.3 is 10.1 Å². The predicted molar refractivity (Wildman–Crippen MR) is 87.7 cm³/mol. The van der Waals surface area contributed by atoms with Crippen molar-refractivity contribution in [3.05, 3.63) is 29.8 Å². The van der Waals surface area contributed by atoms with Crippen molar-refractivity contribution in [3.8, 4) is 5.75 Å². The molecule has 0 fully saturated rings. The fourth-order valence-corrected chi connectivity index (χ4v) is 2.30. The molecule has 0 atom stereocenters. The van der Waals surface area contributed by atoms with Crippen molar-refractivity contribution >= 4 is 0 Å². The van der Waals surface area contributed by atoms with Crippen LogP contribution in [-0.4, -0.2) is 19.7 Å². The first-order valence-electron chi connectivity index (χ1n) is 8.18. The number of benzene rings is 1. The lowest BCUT2D eigenvalue weighted by molar-refractivity contribution is 0.309. The number of nitrogens with one attached hydrogen (secondary N) is 1. The second kappa shape index (κ2) is 10.7. The number of ether oxygens (including phenoxy) is 1. The Morgan fingerprint density at radius 1 is 1.00 bits per heavy atom. The third-order valence-corrected chi connectivity index (χ3v) is 3.53. The van der Waals surface area contributed by atoms with Gasteiger partial charge in [0.05, 0.1) is 0 Å². The van der Waals surface area contributed by atoms with Gasteiger partial charge in [-0.1, -0.05) is 64.7 Å². The van der Waals surface area contributed by atoms with E-state index in [1.54, 1.807) is 0 Å². The molecule has 0 radical (unpaired) electrons. The van der Waals surface area contributed by atoms with Gasteiger partial charge in [0.2, 0.25) is 0 Å². The first-order chi connectivity index (χ1) is 9.75. The van der Waals surface area contributed by atoms with Gasteiger partial charge in [-0.15, -0.1) is 0 Å². The molecule has 0 unspecified atom stereocenters. The van der Waals surface area contributed by atoms with Crippen LogP contribution in [-0.2, 0) is 0 Å². The van der Waals surface area contributed by atoms with E-state index in [1.807, 2.05) is 6.07 Å². The summed E-state index contributed by atoms with van der Waals surface area (Å²) < 4.78 is 5.88. The summed E-state index contributed by atoms with van der Waals surface area (Å²) in [6.07, 6.45) is 6.68. The lowest BCUT2D eigenvalue weighted by atomic mass is 10.0. The maximum atomic E-state index is 5.88. The Bertz CT molecular complexity index is 349. The molecule has 0 aromatic heterocycles. The highest BCUT2D eigenvalue weighted by atomic mass is 16.5. The smallest absolute Gasteiger partial charge is 0.122 e. The van der Waals surface area contributed by atoms with E-state index in [4.69, 9.17) is 4.74 Å². The van der Waals surface area contributed by atoms with E-state index in [1.165, 1.54) is 37.7 Å². The van der Waals surface area contributed by atoms with Crippen LogP contribution in [0.25, 0.3) is 0 Å². The Morgan fingerprint density at radius 3 is 2.50 bits per heavy atom. The van der Waals surface area contributed by atoms with Crippen molar-refractivity contribution in [1.82, 2.24) is 5.32 Å². The van der Waals surface area contributed by atoms with E-state index in [-0.39, 0.29) is 0 Å². The Hall–Kier alpha value is -1.02. The standard InChI is InChI=1S/C18H31NO/c1-4-5-6-7-10-13-19-14-15-20-18-12-9-8-11-17(18)16(2)3/h8-9,11-12,16,19H,4-7,10,13-15H2,1-3H3. The third kappa shape index (κ3) is 6.95. The van der Waals surface area contributed by atoms with Crippen molar-refractivity contribution in [2.24, 2.45) is 0 Å². The quantitative estimate of drug-likeness (QED) is 0.589. The average molecular weight is 277 g/mol. The van der Waals surface area contributed by atoms with Gasteiger partial charge in [-0.2, -0.15) is 0 Å². The maximum absolute atomic E-state index is 5.88. The number of unbranched alkanes of at least 4 members (excludes halogenated alkanes) is 4. The fraction of sp³-hybridized carbons (Fsp3) is 0.667. The van der Waals surface area contributed by atoms with Crippen molar-refractivity contribution in [3.63, 3.8) is 0 Å². The van der Waals surface area contributed by atoms with Gasteiger partial charge in [0.25, 0.3) is 0 Å². The zero-order chi connectivity index (χ0) is 14.6. The lowest BCUT2D eigenvalue weighted by Crippen LogP contribution is -2.22. The van der Waals surface area contributed by atoms with Gasteiger partial charge in [-0.25, -0.2) is 0 Å². The Labute approximate surface area is 124 Å². The monoisotopic (exact) mass is 277 g/mol. The topological polar surface area (TPSA) is 21.3 Å². The van der Waals surface area contributed by atoms with Gasteiger partial charge in [0, 0.05) is 6.54 Å². The molecule has 20 heavy (non-hydrogen) atoms. The molecular weight excluding hydrogens is 246 g/mol.